The molecule has 0 radical (unpaired) electrons. The fourth-order valence-electron chi connectivity index (χ4n) is 0.890. The van der Waals surface area contributed by atoms with E-state index in [1.807, 2.05) is 0 Å². The van der Waals surface area contributed by atoms with Gasteiger partial charge in [0.15, 0.2) is 5.16 Å². The highest BCUT2D eigenvalue weighted by Crippen LogP contribution is 2.21. The summed E-state index contributed by atoms with van der Waals surface area (Å²) in [7, 11) is 4.54. The van der Waals surface area contributed by atoms with E-state index in [0.717, 1.165) is 11.8 Å². The van der Waals surface area contributed by atoms with Gasteiger partial charge in [0.2, 0.25) is 20.8 Å². The van der Waals surface area contributed by atoms with Crippen molar-refractivity contribution in [2.24, 2.45) is 0 Å². The first-order chi connectivity index (χ1) is 7.94. The topological polar surface area (TPSA) is 78.4 Å². The summed E-state index contributed by atoms with van der Waals surface area (Å²) in [5.74, 6) is 0.825. The van der Waals surface area contributed by atoms with Crippen molar-refractivity contribution in [3.8, 4) is 11.8 Å². The minimum absolute atomic E-state index is 0.151. The molecule has 0 aromatic carbocycles. The summed E-state index contributed by atoms with van der Waals surface area (Å²) < 4.78 is 31.4. The van der Waals surface area contributed by atoms with Gasteiger partial charge < -0.3 is 9.47 Å². The molecule has 0 N–H and O–H groups in total. The Balaban J connectivity index is 2.70. The molecular formula is C8H11ClN2O4S2. The lowest BCUT2D eigenvalue weighted by Crippen LogP contribution is -2.01. The molecule has 0 amide bonds. The van der Waals surface area contributed by atoms with Crippen molar-refractivity contribution >= 4 is 31.5 Å². The molecule has 0 atom stereocenters. The van der Waals surface area contributed by atoms with Gasteiger partial charge in [-0.05, 0) is 0 Å². The highest BCUT2D eigenvalue weighted by Gasteiger charge is 2.09. The zero-order chi connectivity index (χ0) is 12.9. The molecule has 6 nitrogen and oxygen atoms in total. The predicted molar refractivity (Wildman–Crippen MR) is 65.5 cm³/mol. The van der Waals surface area contributed by atoms with Crippen molar-refractivity contribution in [3.63, 3.8) is 0 Å². The van der Waals surface area contributed by atoms with Gasteiger partial charge >= 0.3 is 0 Å². The van der Waals surface area contributed by atoms with Gasteiger partial charge in [0.05, 0.1) is 26.0 Å². The molecule has 9 heteroatoms. The first-order valence-electron chi connectivity index (χ1n) is 4.47. The predicted octanol–water partition coefficient (Wildman–Crippen LogP) is 1.15. The SMILES string of the molecule is COc1cc(OC)nc(SCCS(=O)(=O)Cl)n1. The van der Waals surface area contributed by atoms with Crippen LogP contribution in [0.4, 0.5) is 0 Å². The van der Waals surface area contributed by atoms with E-state index in [-0.39, 0.29) is 11.5 Å². The molecule has 0 unspecified atom stereocenters. The van der Waals surface area contributed by atoms with Gasteiger partial charge in [-0.1, -0.05) is 11.8 Å². The summed E-state index contributed by atoms with van der Waals surface area (Å²) in [4.78, 5) is 8.06. The van der Waals surface area contributed by atoms with Crippen LogP contribution in [0.5, 0.6) is 11.8 Å². The number of thioether (sulfide) groups is 1. The summed E-state index contributed by atoms with van der Waals surface area (Å²) in [6, 6.07) is 1.53. The lowest BCUT2D eigenvalue weighted by Gasteiger charge is -2.05. The van der Waals surface area contributed by atoms with Crippen LogP contribution in [0, 0.1) is 0 Å². The van der Waals surface area contributed by atoms with Gasteiger partial charge in [-0.3, -0.25) is 0 Å². The standard InChI is InChI=1S/C8H11ClN2O4S2/c1-14-6-5-7(15-2)11-8(10-6)16-3-4-17(9,12)13/h5H,3-4H2,1-2H3. The van der Waals surface area contributed by atoms with Crippen LogP contribution >= 0.6 is 22.4 Å². The van der Waals surface area contributed by atoms with Crippen molar-refractivity contribution in [3.05, 3.63) is 6.07 Å². The molecule has 0 aliphatic rings. The summed E-state index contributed by atoms with van der Waals surface area (Å²) in [5.41, 5.74) is 0. The van der Waals surface area contributed by atoms with Crippen LogP contribution in [0.15, 0.2) is 11.2 Å². The third-order valence-corrected chi connectivity index (χ3v) is 3.90. The van der Waals surface area contributed by atoms with Crippen molar-refractivity contribution in [1.29, 1.82) is 0 Å². The normalized spacial score (nSPS) is 11.2. The Bertz CT molecular complexity index is 458. The molecule has 0 saturated heterocycles. The second-order valence-electron chi connectivity index (χ2n) is 2.83. The molecule has 1 aromatic heterocycles. The summed E-state index contributed by atoms with van der Waals surface area (Å²) >= 11 is 1.16. The molecule has 0 fully saturated rings. The van der Waals surface area contributed by atoms with Crippen LogP contribution in [-0.4, -0.2) is 44.1 Å². The van der Waals surface area contributed by atoms with Gasteiger partial charge in [-0.25, -0.2) is 8.42 Å². The Morgan fingerprint density at radius 3 is 2.24 bits per heavy atom. The molecule has 1 rings (SSSR count). The number of methoxy groups -OCH3 is 2. The second-order valence-corrected chi connectivity index (χ2v) is 6.79. The molecule has 1 aromatic rings. The van der Waals surface area contributed by atoms with Crippen LogP contribution < -0.4 is 9.47 Å². The molecule has 0 spiro atoms. The van der Waals surface area contributed by atoms with Gasteiger partial charge in [0.25, 0.3) is 0 Å². The largest absolute Gasteiger partial charge is 0.481 e. The third kappa shape index (κ3) is 5.42. The highest BCUT2D eigenvalue weighted by atomic mass is 35.7. The van der Waals surface area contributed by atoms with E-state index in [0.29, 0.717) is 16.9 Å². The van der Waals surface area contributed by atoms with Crippen LogP contribution in [0.3, 0.4) is 0 Å². The molecule has 0 saturated carbocycles. The fourth-order valence-corrected chi connectivity index (χ4v) is 3.08. The van der Waals surface area contributed by atoms with E-state index in [2.05, 4.69) is 9.97 Å². The summed E-state index contributed by atoms with van der Waals surface area (Å²) in [5, 5.41) is 0.376. The Morgan fingerprint density at radius 1 is 1.29 bits per heavy atom. The second kappa shape index (κ2) is 6.27. The Morgan fingerprint density at radius 2 is 1.82 bits per heavy atom. The number of ether oxygens (including phenoxy) is 2. The number of nitrogens with zero attached hydrogens (tertiary/aromatic N) is 2. The average Bonchev–Trinajstić information content (AvgIpc) is 2.26. The van der Waals surface area contributed by atoms with Crippen LogP contribution in [0.1, 0.15) is 0 Å². The number of hydrogen-bond acceptors (Lipinski definition) is 7. The maximum absolute atomic E-state index is 10.7. The van der Waals surface area contributed by atoms with Gasteiger partial charge in [0, 0.05) is 16.4 Å². The van der Waals surface area contributed by atoms with Crippen molar-refractivity contribution in [1.82, 2.24) is 9.97 Å². The van der Waals surface area contributed by atoms with Gasteiger partial charge in [0.1, 0.15) is 0 Å². The smallest absolute Gasteiger partial charge is 0.233 e. The monoisotopic (exact) mass is 298 g/mol. The maximum atomic E-state index is 10.7. The van der Waals surface area contributed by atoms with Crippen molar-refractivity contribution in [2.75, 3.05) is 25.7 Å². The molecule has 1 heterocycles. The maximum Gasteiger partial charge on any atom is 0.233 e. The molecular weight excluding hydrogens is 288 g/mol. The Labute approximate surface area is 108 Å². The Hall–Kier alpha value is -0.730. The summed E-state index contributed by atoms with van der Waals surface area (Å²) in [6.45, 7) is 0. The van der Waals surface area contributed by atoms with E-state index in [1.165, 1.54) is 20.3 Å². The van der Waals surface area contributed by atoms with Gasteiger partial charge in [-0.2, -0.15) is 9.97 Å². The quantitative estimate of drug-likeness (QED) is 0.443. The number of halogens is 1. The lowest BCUT2D eigenvalue weighted by atomic mass is 10.6. The molecule has 17 heavy (non-hydrogen) atoms. The first-order valence-corrected chi connectivity index (χ1v) is 7.93. The van der Waals surface area contributed by atoms with E-state index < -0.39 is 9.05 Å². The van der Waals surface area contributed by atoms with Crippen LogP contribution in [0.2, 0.25) is 0 Å². The number of rotatable bonds is 6. The summed E-state index contributed by atoms with van der Waals surface area (Å²) in [6.07, 6.45) is 0. The van der Waals surface area contributed by atoms with Crippen LogP contribution in [0.25, 0.3) is 0 Å². The van der Waals surface area contributed by atoms with E-state index in [4.69, 9.17) is 20.2 Å². The highest BCUT2D eigenvalue weighted by molar-refractivity contribution is 8.14. The molecule has 0 aliphatic heterocycles. The number of hydrogen-bond donors (Lipinski definition) is 0. The minimum Gasteiger partial charge on any atom is -0.481 e. The molecule has 0 aliphatic carbocycles. The molecule has 96 valence electrons. The lowest BCUT2D eigenvalue weighted by molar-refractivity contribution is 0.364. The third-order valence-electron chi connectivity index (χ3n) is 1.64. The van der Waals surface area contributed by atoms with Crippen molar-refractivity contribution < 1.29 is 17.9 Å². The first kappa shape index (κ1) is 14.3. The van der Waals surface area contributed by atoms with E-state index in [9.17, 15) is 8.42 Å². The van der Waals surface area contributed by atoms with E-state index in [1.54, 1.807) is 0 Å². The number of aromatic nitrogens is 2. The average molecular weight is 299 g/mol. The zero-order valence-electron chi connectivity index (χ0n) is 9.21. The van der Waals surface area contributed by atoms with Crippen molar-refractivity contribution in [2.45, 2.75) is 5.16 Å². The fraction of sp³-hybridized carbons (Fsp3) is 0.500. The van der Waals surface area contributed by atoms with Crippen LogP contribution in [-0.2, 0) is 9.05 Å². The van der Waals surface area contributed by atoms with E-state index >= 15 is 0 Å². The Kier molecular flexibility index (Phi) is 5.29. The van der Waals surface area contributed by atoms with Gasteiger partial charge in [-0.15, -0.1) is 0 Å². The minimum atomic E-state index is -3.49. The molecule has 0 bridgehead atoms. The zero-order valence-corrected chi connectivity index (χ0v) is 11.6.